The molecule has 1 atom stereocenters. The van der Waals surface area contributed by atoms with Gasteiger partial charge in [0.2, 0.25) is 0 Å². The van der Waals surface area contributed by atoms with E-state index in [2.05, 4.69) is 20.3 Å². The van der Waals surface area contributed by atoms with Gasteiger partial charge in [0.25, 0.3) is 5.91 Å². The number of halogens is 3. The topological polar surface area (TPSA) is 86.1 Å². The molecule has 4 aromatic rings. The Morgan fingerprint density at radius 3 is 2.70 bits per heavy atom. The number of hydrogen-bond acceptors (Lipinski definition) is 5. The van der Waals surface area contributed by atoms with Gasteiger partial charge in [-0.25, -0.2) is 14.2 Å². The van der Waals surface area contributed by atoms with Crippen molar-refractivity contribution in [2.75, 3.05) is 11.4 Å². The van der Waals surface area contributed by atoms with Crippen LogP contribution in [-0.4, -0.2) is 52.8 Å². The molecule has 5 heterocycles. The van der Waals surface area contributed by atoms with Crippen LogP contribution in [0.1, 0.15) is 41.1 Å². The Bertz CT molecular complexity index is 1370. The molecule has 1 unspecified atom stereocenters. The van der Waals surface area contributed by atoms with Crippen molar-refractivity contribution in [2.24, 2.45) is 0 Å². The molecular formula is C21H21F3N8O. The van der Waals surface area contributed by atoms with Crippen molar-refractivity contribution < 1.29 is 18.0 Å². The van der Waals surface area contributed by atoms with Gasteiger partial charge in [-0.15, -0.1) is 0 Å². The number of carbonyl (C=O) groups is 1. The van der Waals surface area contributed by atoms with E-state index in [4.69, 9.17) is 0 Å². The van der Waals surface area contributed by atoms with Gasteiger partial charge in [-0.2, -0.15) is 28.5 Å². The average molecular weight is 458 g/mol. The van der Waals surface area contributed by atoms with Crippen LogP contribution >= 0.6 is 0 Å². The van der Waals surface area contributed by atoms with Gasteiger partial charge in [0.1, 0.15) is 11.4 Å². The van der Waals surface area contributed by atoms with Crippen LogP contribution < -0.4 is 4.90 Å². The molecule has 0 aromatic carbocycles. The second kappa shape index (κ2) is 7.42. The Balaban J connectivity index is 1.57. The number of carbonyl (C=O) groups excluding carboxylic acids is 1. The van der Waals surface area contributed by atoms with Crippen molar-refractivity contribution in [3.8, 4) is 11.3 Å². The van der Waals surface area contributed by atoms with Gasteiger partial charge in [0.15, 0.2) is 11.7 Å². The Morgan fingerprint density at radius 2 is 2.00 bits per heavy atom. The lowest BCUT2D eigenvalue weighted by molar-refractivity contribution is -0.172. The van der Waals surface area contributed by atoms with E-state index in [0.29, 0.717) is 23.6 Å². The molecule has 0 spiro atoms. The van der Waals surface area contributed by atoms with Crippen LogP contribution in [0.15, 0.2) is 30.7 Å². The van der Waals surface area contributed by atoms with Crippen LogP contribution in [0.25, 0.3) is 16.9 Å². The highest BCUT2D eigenvalue weighted by Gasteiger charge is 2.46. The van der Waals surface area contributed by atoms with Crippen LogP contribution in [-0.2, 0) is 6.54 Å². The zero-order valence-electron chi connectivity index (χ0n) is 18.2. The van der Waals surface area contributed by atoms with Crippen molar-refractivity contribution in [3.63, 3.8) is 0 Å². The van der Waals surface area contributed by atoms with Crippen molar-refractivity contribution in [2.45, 2.75) is 46.0 Å². The Labute approximate surface area is 186 Å². The van der Waals surface area contributed by atoms with E-state index in [1.807, 2.05) is 18.5 Å². The van der Waals surface area contributed by atoms with Crippen molar-refractivity contribution >= 4 is 17.4 Å². The molecule has 12 heteroatoms. The average Bonchev–Trinajstić information content (AvgIpc) is 3.47. The number of rotatable bonds is 3. The van der Waals surface area contributed by atoms with Gasteiger partial charge >= 0.3 is 6.18 Å². The standard InChI is InChI=1S/C21H21F3N8O/c1-4-30-13(3)14(10-26-30)16-5-7-25-19-15(11-27-31(16)19)20(33)29-8-6-17(21(22,23)24)32-18(29)9-12(2)28-32/h5,7,9-11,17H,4,6,8H2,1-3H3. The zero-order chi connectivity index (χ0) is 23.5. The molecule has 0 saturated carbocycles. The van der Waals surface area contributed by atoms with Crippen molar-refractivity contribution in [1.82, 2.24) is 34.2 Å². The molecule has 0 N–H and O–H groups in total. The Morgan fingerprint density at radius 1 is 1.21 bits per heavy atom. The number of fused-ring (bicyclic) bond motifs is 2. The third-order valence-electron chi connectivity index (χ3n) is 5.97. The lowest BCUT2D eigenvalue weighted by Crippen LogP contribution is -2.43. The van der Waals surface area contributed by atoms with Crippen LogP contribution in [0.3, 0.4) is 0 Å². The smallest absolute Gasteiger partial charge is 0.293 e. The number of amides is 1. The minimum absolute atomic E-state index is 0.0897. The monoisotopic (exact) mass is 458 g/mol. The molecule has 172 valence electrons. The number of nitrogens with zero attached hydrogens (tertiary/aromatic N) is 8. The molecule has 33 heavy (non-hydrogen) atoms. The van der Waals surface area contributed by atoms with Crippen LogP contribution in [0.4, 0.5) is 19.0 Å². The normalized spacial score (nSPS) is 16.4. The summed E-state index contributed by atoms with van der Waals surface area (Å²) in [6.45, 7) is 6.16. The maximum absolute atomic E-state index is 13.5. The lowest BCUT2D eigenvalue weighted by atomic mass is 10.1. The molecule has 4 aromatic heterocycles. The molecule has 0 saturated heterocycles. The number of aryl methyl sites for hydroxylation is 2. The number of aromatic nitrogens is 7. The fraction of sp³-hybridized carbons (Fsp3) is 0.381. The SMILES string of the molecule is CCn1ncc(-c2ccnc3c(C(=O)N4CCC(C(F)(F)F)n5nc(C)cc54)cnn23)c1C. The fourth-order valence-electron chi connectivity index (χ4n) is 4.34. The molecule has 5 rings (SSSR count). The fourth-order valence-corrected chi connectivity index (χ4v) is 4.34. The van der Waals surface area contributed by atoms with E-state index >= 15 is 0 Å². The molecule has 9 nitrogen and oxygen atoms in total. The van der Waals surface area contributed by atoms with Crippen LogP contribution in [0.5, 0.6) is 0 Å². The van der Waals surface area contributed by atoms with Gasteiger partial charge in [0.05, 0.1) is 23.8 Å². The van der Waals surface area contributed by atoms with E-state index in [-0.39, 0.29) is 24.3 Å². The first-order chi connectivity index (χ1) is 15.7. The third-order valence-corrected chi connectivity index (χ3v) is 5.97. The summed E-state index contributed by atoms with van der Waals surface area (Å²) in [6.07, 6.45) is -0.0199. The first-order valence-electron chi connectivity index (χ1n) is 10.5. The van der Waals surface area contributed by atoms with E-state index in [1.165, 1.54) is 17.2 Å². The summed E-state index contributed by atoms with van der Waals surface area (Å²) < 4.78 is 44.8. The quantitative estimate of drug-likeness (QED) is 0.469. The summed E-state index contributed by atoms with van der Waals surface area (Å²) in [6, 6.07) is 1.51. The summed E-state index contributed by atoms with van der Waals surface area (Å²) in [5.74, 6) is -0.362. The second-order valence-corrected chi connectivity index (χ2v) is 7.97. The predicted octanol–water partition coefficient (Wildman–Crippen LogP) is 3.58. The van der Waals surface area contributed by atoms with Gasteiger partial charge < -0.3 is 0 Å². The number of anilines is 1. The summed E-state index contributed by atoms with van der Waals surface area (Å²) in [4.78, 5) is 19.1. The molecule has 0 fully saturated rings. The maximum atomic E-state index is 13.5. The molecule has 1 aliphatic heterocycles. The summed E-state index contributed by atoms with van der Waals surface area (Å²) in [5.41, 5.74) is 3.44. The minimum atomic E-state index is -4.45. The van der Waals surface area contributed by atoms with Gasteiger partial charge in [0, 0.05) is 36.6 Å². The molecule has 1 amide bonds. The molecular weight excluding hydrogens is 437 g/mol. The summed E-state index contributed by atoms with van der Waals surface area (Å²) in [5, 5.41) is 12.7. The lowest BCUT2D eigenvalue weighted by Gasteiger charge is -2.33. The van der Waals surface area contributed by atoms with Crippen LogP contribution in [0, 0.1) is 13.8 Å². The van der Waals surface area contributed by atoms with Gasteiger partial charge in [-0.1, -0.05) is 0 Å². The Kier molecular flexibility index (Phi) is 4.76. The molecule has 0 bridgehead atoms. The highest BCUT2D eigenvalue weighted by molar-refractivity contribution is 6.09. The summed E-state index contributed by atoms with van der Waals surface area (Å²) in [7, 11) is 0. The zero-order valence-corrected chi connectivity index (χ0v) is 18.2. The van der Waals surface area contributed by atoms with Gasteiger partial charge in [-0.3, -0.25) is 14.4 Å². The van der Waals surface area contributed by atoms with E-state index < -0.39 is 18.1 Å². The van der Waals surface area contributed by atoms with Crippen molar-refractivity contribution in [3.05, 3.63) is 47.7 Å². The highest BCUT2D eigenvalue weighted by Crippen LogP contribution is 2.40. The maximum Gasteiger partial charge on any atom is 0.410 e. The summed E-state index contributed by atoms with van der Waals surface area (Å²) >= 11 is 0. The largest absolute Gasteiger partial charge is 0.410 e. The highest BCUT2D eigenvalue weighted by atomic mass is 19.4. The third kappa shape index (κ3) is 3.28. The number of hydrogen-bond donors (Lipinski definition) is 0. The van der Waals surface area contributed by atoms with Crippen LogP contribution in [0.2, 0.25) is 0 Å². The molecule has 0 aliphatic carbocycles. The second-order valence-electron chi connectivity index (χ2n) is 7.97. The first kappa shape index (κ1) is 21.2. The predicted molar refractivity (Wildman–Crippen MR) is 113 cm³/mol. The van der Waals surface area contributed by atoms with Crippen molar-refractivity contribution in [1.29, 1.82) is 0 Å². The number of alkyl halides is 3. The minimum Gasteiger partial charge on any atom is -0.293 e. The molecule has 0 radical (unpaired) electrons. The molecule has 1 aliphatic rings. The van der Waals surface area contributed by atoms with E-state index in [0.717, 1.165) is 15.9 Å². The first-order valence-corrected chi connectivity index (χ1v) is 10.5. The van der Waals surface area contributed by atoms with E-state index in [9.17, 15) is 18.0 Å². The Hall–Kier alpha value is -3.70. The van der Waals surface area contributed by atoms with E-state index in [1.54, 1.807) is 29.9 Å². The van der Waals surface area contributed by atoms with Gasteiger partial charge in [-0.05, 0) is 33.3 Å².